The number of hydrogen-bond acceptors (Lipinski definition) is 5. The van der Waals surface area contributed by atoms with Crippen molar-refractivity contribution in [1.29, 1.82) is 0 Å². The van der Waals surface area contributed by atoms with E-state index in [1.165, 1.54) is 30.8 Å². The van der Waals surface area contributed by atoms with Crippen LogP contribution in [-0.4, -0.2) is 26.9 Å². The molecule has 3 nitrogen and oxygen atoms in total. The van der Waals surface area contributed by atoms with Crippen LogP contribution >= 0.6 is 23.3 Å². The van der Waals surface area contributed by atoms with Gasteiger partial charge in [0.2, 0.25) is 5.13 Å². The summed E-state index contributed by atoms with van der Waals surface area (Å²) in [6.07, 6.45) is 8.19. The van der Waals surface area contributed by atoms with Gasteiger partial charge in [-0.2, -0.15) is 16.1 Å². The lowest BCUT2D eigenvalue weighted by Crippen LogP contribution is -2.15. The van der Waals surface area contributed by atoms with Crippen LogP contribution in [0, 0.1) is 0 Å². The molecule has 2 rings (SSSR count). The van der Waals surface area contributed by atoms with E-state index in [2.05, 4.69) is 27.9 Å². The van der Waals surface area contributed by atoms with E-state index in [0.29, 0.717) is 6.04 Å². The normalized spacial score (nSPS) is 24.9. The van der Waals surface area contributed by atoms with Gasteiger partial charge in [-0.05, 0) is 31.9 Å². The van der Waals surface area contributed by atoms with Crippen molar-refractivity contribution in [2.45, 2.75) is 50.3 Å². The summed E-state index contributed by atoms with van der Waals surface area (Å²) in [6, 6.07) is 0.611. The smallest absolute Gasteiger partial charge is 0.202 e. The number of nitrogens with one attached hydrogen (secondary N) is 1. The van der Waals surface area contributed by atoms with Crippen molar-refractivity contribution >= 4 is 28.4 Å². The molecule has 90 valence electrons. The van der Waals surface area contributed by atoms with Gasteiger partial charge in [0.05, 0.1) is 0 Å². The third kappa shape index (κ3) is 3.10. The van der Waals surface area contributed by atoms with Gasteiger partial charge in [0, 0.05) is 29.2 Å². The molecule has 1 aromatic heterocycles. The number of rotatable bonds is 5. The second kappa shape index (κ2) is 5.87. The Balaban J connectivity index is 1.84. The fraction of sp³-hybridized carbons (Fsp3) is 0.818. The quantitative estimate of drug-likeness (QED) is 0.879. The van der Waals surface area contributed by atoms with E-state index >= 15 is 0 Å². The van der Waals surface area contributed by atoms with Crippen molar-refractivity contribution < 1.29 is 0 Å². The highest BCUT2D eigenvalue weighted by atomic mass is 32.2. The van der Waals surface area contributed by atoms with Crippen LogP contribution in [0.5, 0.6) is 0 Å². The minimum absolute atomic E-state index is 0.611. The van der Waals surface area contributed by atoms with Gasteiger partial charge >= 0.3 is 0 Å². The van der Waals surface area contributed by atoms with E-state index < -0.39 is 0 Å². The second-order valence-electron chi connectivity index (χ2n) is 4.28. The first-order valence-electron chi connectivity index (χ1n) is 5.93. The molecule has 1 N–H and O–H groups in total. The molecule has 0 aromatic carbocycles. The summed E-state index contributed by atoms with van der Waals surface area (Å²) in [5.74, 6) is 0.995. The average Bonchev–Trinajstić information content (AvgIpc) is 2.89. The fourth-order valence-corrected chi connectivity index (χ4v) is 3.58. The molecule has 1 fully saturated rings. The third-order valence-electron chi connectivity index (χ3n) is 2.99. The second-order valence-corrected chi connectivity index (χ2v) is 6.17. The first kappa shape index (κ1) is 12.2. The van der Waals surface area contributed by atoms with Crippen molar-refractivity contribution in [3.8, 4) is 0 Å². The van der Waals surface area contributed by atoms with Crippen molar-refractivity contribution in [1.82, 2.24) is 9.36 Å². The van der Waals surface area contributed by atoms with Crippen molar-refractivity contribution in [3.05, 3.63) is 5.82 Å². The molecule has 0 radical (unpaired) electrons. The molecule has 2 unspecified atom stereocenters. The highest BCUT2D eigenvalue weighted by Crippen LogP contribution is 2.30. The van der Waals surface area contributed by atoms with Gasteiger partial charge in [-0.1, -0.05) is 6.92 Å². The third-order valence-corrected chi connectivity index (χ3v) is 4.77. The summed E-state index contributed by atoms with van der Waals surface area (Å²) < 4.78 is 4.35. The van der Waals surface area contributed by atoms with Crippen LogP contribution < -0.4 is 5.32 Å². The molecule has 0 spiro atoms. The molecule has 1 heterocycles. The number of aryl methyl sites for hydroxylation is 1. The van der Waals surface area contributed by atoms with Gasteiger partial charge in [-0.15, -0.1) is 0 Å². The lowest BCUT2D eigenvalue weighted by molar-refractivity contribution is 0.753. The van der Waals surface area contributed by atoms with Crippen LogP contribution in [-0.2, 0) is 6.42 Å². The molecule has 2 atom stereocenters. The van der Waals surface area contributed by atoms with Gasteiger partial charge in [0.1, 0.15) is 5.82 Å². The van der Waals surface area contributed by atoms with Crippen LogP contribution in [0.4, 0.5) is 5.13 Å². The Kier molecular flexibility index (Phi) is 4.46. The Morgan fingerprint density at radius 2 is 2.38 bits per heavy atom. The molecule has 1 aliphatic carbocycles. The van der Waals surface area contributed by atoms with Crippen molar-refractivity contribution in [2.75, 3.05) is 11.6 Å². The van der Waals surface area contributed by atoms with E-state index in [1.807, 2.05) is 11.8 Å². The zero-order valence-electron chi connectivity index (χ0n) is 9.90. The molecule has 0 saturated heterocycles. The molecule has 0 bridgehead atoms. The largest absolute Gasteiger partial charge is 0.358 e. The highest BCUT2D eigenvalue weighted by molar-refractivity contribution is 7.99. The molecular formula is C11H19N3S2. The minimum atomic E-state index is 0.611. The molecule has 0 amide bonds. The van der Waals surface area contributed by atoms with Crippen molar-refractivity contribution in [2.24, 2.45) is 0 Å². The molecule has 5 heteroatoms. The summed E-state index contributed by atoms with van der Waals surface area (Å²) in [6.45, 7) is 2.16. The van der Waals surface area contributed by atoms with Gasteiger partial charge < -0.3 is 5.32 Å². The molecular weight excluding hydrogens is 238 g/mol. The Labute approximate surface area is 106 Å². The van der Waals surface area contributed by atoms with Gasteiger partial charge in [0.15, 0.2) is 0 Å². The topological polar surface area (TPSA) is 37.8 Å². The predicted molar refractivity (Wildman–Crippen MR) is 72.5 cm³/mol. The number of hydrogen-bond donors (Lipinski definition) is 1. The van der Waals surface area contributed by atoms with E-state index in [9.17, 15) is 0 Å². The fourth-order valence-electron chi connectivity index (χ4n) is 2.10. The average molecular weight is 257 g/mol. The van der Waals surface area contributed by atoms with Crippen LogP contribution in [0.25, 0.3) is 0 Å². The monoisotopic (exact) mass is 257 g/mol. The number of anilines is 1. The summed E-state index contributed by atoms with van der Waals surface area (Å²) in [5, 5.41) is 5.36. The number of thioether (sulfide) groups is 1. The lowest BCUT2D eigenvalue weighted by atomic mass is 10.3. The zero-order chi connectivity index (χ0) is 11.4. The van der Waals surface area contributed by atoms with Gasteiger partial charge in [-0.25, -0.2) is 4.98 Å². The van der Waals surface area contributed by atoms with Gasteiger partial charge in [-0.3, -0.25) is 0 Å². The SMILES string of the molecule is CCCc1nsc(NC2CCC(SC)C2)n1. The lowest BCUT2D eigenvalue weighted by Gasteiger charge is -2.10. The van der Waals surface area contributed by atoms with Crippen LogP contribution in [0.15, 0.2) is 0 Å². The maximum absolute atomic E-state index is 4.50. The van der Waals surface area contributed by atoms with E-state index in [4.69, 9.17) is 0 Å². The number of nitrogens with zero attached hydrogens (tertiary/aromatic N) is 2. The van der Waals surface area contributed by atoms with E-state index in [-0.39, 0.29) is 0 Å². The standard InChI is InChI=1S/C11H19N3S2/c1-3-4-10-13-11(16-14-10)12-8-5-6-9(7-8)15-2/h8-9H,3-7H2,1-2H3,(H,12,13,14). The zero-order valence-corrected chi connectivity index (χ0v) is 11.5. The predicted octanol–water partition coefficient (Wildman–Crippen LogP) is 3.19. The molecule has 1 aromatic rings. The highest BCUT2D eigenvalue weighted by Gasteiger charge is 2.24. The van der Waals surface area contributed by atoms with Gasteiger partial charge in [0.25, 0.3) is 0 Å². The summed E-state index contributed by atoms with van der Waals surface area (Å²) in [4.78, 5) is 4.50. The minimum Gasteiger partial charge on any atom is -0.358 e. The molecule has 16 heavy (non-hydrogen) atoms. The van der Waals surface area contributed by atoms with Crippen LogP contribution in [0.3, 0.4) is 0 Å². The first-order valence-corrected chi connectivity index (χ1v) is 8.00. The maximum atomic E-state index is 4.50. The van der Waals surface area contributed by atoms with Crippen molar-refractivity contribution in [3.63, 3.8) is 0 Å². The summed E-state index contributed by atoms with van der Waals surface area (Å²) in [5.41, 5.74) is 0. The van der Waals surface area contributed by atoms with E-state index in [1.54, 1.807) is 0 Å². The number of aromatic nitrogens is 2. The van der Waals surface area contributed by atoms with Crippen LogP contribution in [0.1, 0.15) is 38.4 Å². The summed E-state index contributed by atoms with van der Waals surface area (Å²) >= 11 is 3.49. The Hall–Kier alpha value is -0.290. The Bertz CT molecular complexity index is 327. The summed E-state index contributed by atoms with van der Waals surface area (Å²) in [7, 11) is 0. The Morgan fingerprint density at radius 1 is 1.50 bits per heavy atom. The first-order chi connectivity index (χ1) is 7.81. The maximum Gasteiger partial charge on any atom is 0.202 e. The van der Waals surface area contributed by atoms with E-state index in [0.717, 1.165) is 29.0 Å². The Morgan fingerprint density at radius 3 is 3.06 bits per heavy atom. The molecule has 0 aliphatic heterocycles. The molecule has 1 saturated carbocycles. The molecule has 1 aliphatic rings. The van der Waals surface area contributed by atoms with Crippen LogP contribution in [0.2, 0.25) is 0 Å².